The van der Waals surface area contributed by atoms with Crippen molar-refractivity contribution in [1.82, 2.24) is 10.2 Å². The maximum absolute atomic E-state index is 12.5. The fourth-order valence-corrected chi connectivity index (χ4v) is 3.88. The predicted octanol–water partition coefficient (Wildman–Crippen LogP) is 3.30. The highest BCUT2D eigenvalue weighted by molar-refractivity contribution is 6.30. The van der Waals surface area contributed by atoms with E-state index in [0.29, 0.717) is 6.04 Å². The molecule has 24 heavy (non-hydrogen) atoms. The van der Waals surface area contributed by atoms with Gasteiger partial charge in [0.15, 0.2) is 0 Å². The van der Waals surface area contributed by atoms with Crippen LogP contribution in [0.3, 0.4) is 0 Å². The van der Waals surface area contributed by atoms with Crippen LogP contribution in [0.2, 0.25) is 5.02 Å². The fraction of sp³-hybridized carbons (Fsp3) is 0.632. The third-order valence-corrected chi connectivity index (χ3v) is 5.64. The van der Waals surface area contributed by atoms with E-state index in [0.717, 1.165) is 44.0 Å². The Morgan fingerprint density at radius 2 is 1.71 bits per heavy atom. The zero-order chi connectivity index (χ0) is 16.9. The molecule has 3 rings (SSSR count). The van der Waals surface area contributed by atoms with Crippen LogP contribution in [0.4, 0.5) is 5.69 Å². The molecule has 1 heterocycles. The molecular formula is C19H28ClN3O. The molecule has 1 aliphatic heterocycles. The molecule has 132 valence electrons. The number of nitrogens with zero attached hydrogens (tertiary/aromatic N) is 2. The van der Waals surface area contributed by atoms with Gasteiger partial charge >= 0.3 is 0 Å². The van der Waals surface area contributed by atoms with E-state index >= 15 is 0 Å². The molecule has 1 saturated carbocycles. The van der Waals surface area contributed by atoms with Gasteiger partial charge in [0.25, 0.3) is 0 Å². The van der Waals surface area contributed by atoms with Gasteiger partial charge in [-0.15, -0.1) is 0 Å². The highest BCUT2D eigenvalue weighted by Gasteiger charge is 2.27. The first-order valence-electron chi connectivity index (χ1n) is 9.18. The Morgan fingerprint density at radius 1 is 1.08 bits per heavy atom. The van der Waals surface area contributed by atoms with Crippen LogP contribution < -0.4 is 10.2 Å². The molecule has 0 aromatic heterocycles. The Morgan fingerprint density at radius 3 is 2.33 bits per heavy atom. The molecule has 1 amide bonds. The van der Waals surface area contributed by atoms with Crippen molar-refractivity contribution in [3.63, 3.8) is 0 Å². The zero-order valence-corrected chi connectivity index (χ0v) is 15.3. The van der Waals surface area contributed by atoms with Gasteiger partial charge in [-0.2, -0.15) is 0 Å². The number of hydrogen-bond acceptors (Lipinski definition) is 3. The third-order valence-electron chi connectivity index (χ3n) is 5.38. The summed E-state index contributed by atoms with van der Waals surface area (Å²) in [5.74, 6) is 0.196. The number of nitrogens with one attached hydrogen (secondary N) is 1. The van der Waals surface area contributed by atoms with Crippen LogP contribution in [0.5, 0.6) is 0 Å². The third kappa shape index (κ3) is 4.42. The summed E-state index contributed by atoms with van der Waals surface area (Å²) in [5.41, 5.74) is 1.21. The van der Waals surface area contributed by atoms with Crippen molar-refractivity contribution in [3.05, 3.63) is 29.3 Å². The number of hydrogen-bond donors (Lipinski definition) is 1. The van der Waals surface area contributed by atoms with E-state index in [2.05, 4.69) is 27.2 Å². The predicted molar refractivity (Wildman–Crippen MR) is 99.7 cm³/mol. The summed E-state index contributed by atoms with van der Waals surface area (Å²) >= 11 is 5.96. The van der Waals surface area contributed by atoms with Crippen LogP contribution in [0.1, 0.15) is 39.0 Å². The van der Waals surface area contributed by atoms with E-state index < -0.39 is 0 Å². The number of carbonyl (C=O) groups excluding carboxylic acids is 1. The van der Waals surface area contributed by atoms with Crippen LogP contribution >= 0.6 is 11.6 Å². The van der Waals surface area contributed by atoms with Gasteiger partial charge in [-0.1, -0.05) is 30.9 Å². The minimum Gasteiger partial charge on any atom is -0.369 e. The Hall–Kier alpha value is -1.26. The lowest BCUT2D eigenvalue weighted by Crippen LogP contribution is -2.55. The second-order valence-electron chi connectivity index (χ2n) is 7.02. The number of rotatable bonds is 4. The second-order valence-corrected chi connectivity index (χ2v) is 7.46. The number of halogens is 1. The molecule has 1 aliphatic carbocycles. The largest absolute Gasteiger partial charge is 0.369 e. The van der Waals surface area contributed by atoms with E-state index in [1.165, 1.54) is 24.9 Å². The molecule has 1 N–H and O–H groups in total. The van der Waals surface area contributed by atoms with Crippen molar-refractivity contribution in [2.24, 2.45) is 0 Å². The Bertz CT molecular complexity index is 534. The summed E-state index contributed by atoms with van der Waals surface area (Å²) in [4.78, 5) is 17.2. The first-order chi connectivity index (χ1) is 11.6. The molecule has 0 radical (unpaired) electrons. The summed E-state index contributed by atoms with van der Waals surface area (Å²) in [5, 5.41) is 4.03. The van der Waals surface area contributed by atoms with E-state index in [4.69, 9.17) is 11.6 Å². The number of anilines is 1. The highest BCUT2D eigenvalue weighted by atomic mass is 35.5. The lowest BCUT2D eigenvalue weighted by atomic mass is 9.95. The maximum Gasteiger partial charge on any atom is 0.237 e. The standard InChI is InChI=1S/C19H28ClN3O/c1-15(19(24)21-17-5-3-2-4-6-17)22-11-13-23(14-12-22)18-9-7-16(20)8-10-18/h7-10,15,17H,2-6,11-14H2,1H3,(H,21,24)/t15-/m0/s1. The molecule has 1 atom stereocenters. The molecule has 2 fully saturated rings. The fourth-order valence-electron chi connectivity index (χ4n) is 3.75. The first-order valence-corrected chi connectivity index (χ1v) is 9.56. The van der Waals surface area contributed by atoms with Crippen molar-refractivity contribution in [2.45, 2.75) is 51.1 Å². The van der Waals surface area contributed by atoms with Gasteiger partial charge in [0, 0.05) is 42.9 Å². The molecule has 0 unspecified atom stereocenters. The molecule has 0 spiro atoms. The normalized spacial score (nSPS) is 21.5. The molecule has 4 nitrogen and oxygen atoms in total. The van der Waals surface area contributed by atoms with E-state index in [1.54, 1.807) is 0 Å². The van der Waals surface area contributed by atoms with Gasteiger partial charge in [-0.25, -0.2) is 0 Å². The van der Waals surface area contributed by atoms with Gasteiger partial charge in [0.1, 0.15) is 0 Å². The van der Waals surface area contributed by atoms with Gasteiger partial charge in [0.05, 0.1) is 6.04 Å². The van der Waals surface area contributed by atoms with E-state index in [1.807, 2.05) is 19.1 Å². The first kappa shape index (κ1) is 17.6. The molecule has 5 heteroatoms. The topological polar surface area (TPSA) is 35.6 Å². The molecule has 2 aliphatic rings. The molecule has 1 aromatic carbocycles. The maximum atomic E-state index is 12.5. The minimum absolute atomic E-state index is 0.0423. The Labute approximate surface area is 150 Å². The van der Waals surface area contributed by atoms with Crippen LogP contribution in [-0.4, -0.2) is 49.1 Å². The van der Waals surface area contributed by atoms with Gasteiger partial charge < -0.3 is 10.2 Å². The van der Waals surface area contributed by atoms with Crippen molar-refractivity contribution < 1.29 is 4.79 Å². The van der Waals surface area contributed by atoms with Crippen molar-refractivity contribution >= 4 is 23.2 Å². The SMILES string of the molecule is C[C@@H](C(=O)NC1CCCCC1)N1CCN(c2ccc(Cl)cc2)CC1. The Balaban J connectivity index is 1.48. The molecular weight excluding hydrogens is 322 g/mol. The summed E-state index contributed by atoms with van der Waals surface area (Å²) in [6.07, 6.45) is 6.10. The van der Waals surface area contributed by atoms with Crippen LogP contribution in [0, 0.1) is 0 Å². The van der Waals surface area contributed by atoms with Crippen molar-refractivity contribution in [2.75, 3.05) is 31.1 Å². The van der Waals surface area contributed by atoms with E-state index in [-0.39, 0.29) is 11.9 Å². The van der Waals surface area contributed by atoms with Gasteiger partial charge in [0.2, 0.25) is 5.91 Å². The second kappa shape index (κ2) is 8.21. The summed E-state index contributed by atoms with van der Waals surface area (Å²) < 4.78 is 0. The summed E-state index contributed by atoms with van der Waals surface area (Å²) in [6.45, 7) is 5.77. The average Bonchev–Trinajstić information content (AvgIpc) is 2.63. The molecule has 0 bridgehead atoms. The van der Waals surface area contributed by atoms with Crippen molar-refractivity contribution in [1.29, 1.82) is 0 Å². The van der Waals surface area contributed by atoms with Gasteiger partial charge in [-0.3, -0.25) is 9.69 Å². The lowest BCUT2D eigenvalue weighted by Gasteiger charge is -2.39. The summed E-state index contributed by atoms with van der Waals surface area (Å²) in [6, 6.07) is 8.35. The lowest BCUT2D eigenvalue weighted by molar-refractivity contribution is -0.127. The average molecular weight is 350 g/mol. The number of amides is 1. The van der Waals surface area contributed by atoms with Gasteiger partial charge in [-0.05, 0) is 44.0 Å². The highest BCUT2D eigenvalue weighted by Crippen LogP contribution is 2.21. The summed E-state index contributed by atoms with van der Waals surface area (Å²) in [7, 11) is 0. The monoisotopic (exact) mass is 349 g/mol. The Kier molecular flexibility index (Phi) is 6.01. The minimum atomic E-state index is -0.0423. The van der Waals surface area contributed by atoms with Crippen LogP contribution in [-0.2, 0) is 4.79 Å². The number of carbonyl (C=O) groups is 1. The quantitative estimate of drug-likeness (QED) is 0.906. The number of piperazine rings is 1. The number of benzene rings is 1. The molecule has 1 aromatic rings. The zero-order valence-electron chi connectivity index (χ0n) is 14.5. The van der Waals surface area contributed by atoms with Crippen LogP contribution in [0.15, 0.2) is 24.3 Å². The van der Waals surface area contributed by atoms with E-state index in [9.17, 15) is 4.79 Å². The van der Waals surface area contributed by atoms with Crippen molar-refractivity contribution in [3.8, 4) is 0 Å². The van der Waals surface area contributed by atoms with Crippen LogP contribution in [0.25, 0.3) is 0 Å². The molecule has 1 saturated heterocycles. The smallest absolute Gasteiger partial charge is 0.237 e.